The molecular weight excluding hydrogens is 936 g/mol. The summed E-state index contributed by atoms with van der Waals surface area (Å²) in [6.45, 7) is 4.79. The van der Waals surface area contributed by atoms with Gasteiger partial charge in [0.1, 0.15) is 13.2 Å². The van der Waals surface area contributed by atoms with Gasteiger partial charge in [-0.1, -0.05) is 286 Å². The third kappa shape index (κ3) is 57.6. The highest BCUT2D eigenvalue weighted by molar-refractivity contribution is 7.47. The van der Waals surface area contributed by atoms with E-state index in [1.165, 1.54) is 180 Å². The number of aliphatic hydroxyl groups excluding tert-OH is 1. The molecule has 0 aliphatic heterocycles. The van der Waals surface area contributed by atoms with E-state index < -0.39 is 20.0 Å². The molecule has 74 heavy (non-hydrogen) atoms. The third-order valence-corrected chi connectivity index (χ3v) is 15.0. The van der Waals surface area contributed by atoms with Gasteiger partial charge < -0.3 is 19.8 Å². The normalized spacial score (nSPS) is 14.3. The molecule has 0 aliphatic carbocycles. The van der Waals surface area contributed by atoms with E-state index in [0.717, 1.165) is 77.0 Å². The highest BCUT2D eigenvalue weighted by Crippen LogP contribution is 2.43. The van der Waals surface area contributed by atoms with Gasteiger partial charge in [-0.3, -0.25) is 13.8 Å². The fraction of sp³-hybridized carbons (Fsp3) is 0.800. The van der Waals surface area contributed by atoms with Crippen LogP contribution in [-0.4, -0.2) is 73.4 Å². The molecule has 8 nitrogen and oxygen atoms in total. The van der Waals surface area contributed by atoms with Crippen molar-refractivity contribution >= 4 is 13.7 Å². The summed E-state index contributed by atoms with van der Waals surface area (Å²) >= 11 is 0. The van der Waals surface area contributed by atoms with Crippen molar-refractivity contribution in [1.82, 2.24) is 5.32 Å². The van der Waals surface area contributed by atoms with Crippen LogP contribution < -0.4 is 5.32 Å². The lowest BCUT2D eigenvalue weighted by Crippen LogP contribution is -2.46. The second-order valence-corrected chi connectivity index (χ2v) is 23.9. The van der Waals surface area contributed by atoms with Crippen molar-refractivity contribution in [2.24, 2.45) is 0 Å². The highest BCUT2D eigenvalue weighted by atomic mass is 31.2. The highest BCUT2D eigenvalue weighted by Gasteiger charge is 2.28. The maximum Gasteiger partial charge on any atom is 0.472 e. The molecule has 0 saturated heterocycles. The van der Waals surface area contributed by atoms with Crippen molar-refractivity contribution in [2.45, 2.75) is 296 Å². The number of aliphatic hydroxyl groups is 1. The summed E-state index contributed by atoms with van der Waals surface area (Å²) in [4.78, 5) is 23.3. The monoisotopic (exact) mass is 1060 g/mol. The van der Waals surface area contributed by atoms with Crippen molar-refractivity contribution < 1.29 is 32.9 Å². The standard InChI is InChI=1S/C65H121N2O6P/c1-6-8-10-12-14-16-18-20-21-22-23-24-25-26-27-28-29-30-31-32-33-34-35-36-37-38-39-40-41-42-43-44-45-47-49-51-53-55-57-59-65(69)66-63(62-73-74(70,71)72-61-60-67(3,4)5)64(68)58-56-54-52-50-48-46-19-17-15-13-11-9-7-2/h8,10,14,16,20-21,23-24,26-27,29-30,63-64,68H,6-7,9,11-13,15,17-19,22,25,28,31-62H2,1-5H3,(H-,66,69,70,71)/p+1/b10-8-,16-14-,21-20-,24-23-,27-26-,30-29-. The number of rotatable bonds is 57. The van der Waals surface area contributed by atoms with Gasteiger partial charge in [0.2, 0.25) is 5.91 Å². The zero-order valence-electron chi connectivity index (χ0n) is 49.3. The molecule has 0 saturated carbocycles. The summed E-state index contributed by atoms with van der Waals surface area (Å²) in [5.74, 6) is -0.142. The van der Waals surface area contributed by atoms with Crippen molar-refractivity contribution in [2.75, 3.05) is 40.9 Å². The number of hydrogen-bond donors (Lipinski definition) is 3. The molecule has 1 amide bonds. The van der Waals surface area contributed by atoms with Crippen molar-refractivity contribution in [3.05, 3.63) is 72.9 Å². The predicted molar refractivity (Wildman–Crippen MR) is 323 cm³/mol. The summed E-state index contributed by atoms with van der Waals surface area (Å²) in [5.41, 5.74) is 0. The lowest BCUT2D eigenvalue weighted by Gasteiger charge is -2.26. The van der Waals surface area contributed by atoms with E-state index in [9.17, 15) is 19.4 Å². The average molecular weight is 1060 g/mol. The summed E-state index contributed by atoms with van der Waals surface area (Å²) < 4.78 is 23.8. The third-order valence-electron chi connectivity index (χ3n) is 14.0. The molecule has 0 aliphatic rings. The van der Waals surface area contributed by atoms with Crippen molar-refractivity contribution in [3.8, 4) is 0 Å². The van der Waals surface area contributed by atoms with Crippen LogP contribution in [0.3, 0.4) is 0 Å². The minimum Gasteiger partial charge on any atom is -0.391 e. The second-order valence-electron chi connectivity index (χ2n) is 22.4. The Balaban J connectivity index is 3.91. The molecule has 9 heteroatoms. The van der Waals surface area contributed by atoms with Gasteiger partial charge in [0, 0.05) is 6.42 Å². The van der Waals surface area contributed by atoms with Crippen molar-refractivity contribution in [3.63, 3.8) is 0 Å². The minimum absolute atomic E-state index is 0.0748. The maximum atomic E-state index is 13.0. The number of nitrogens with one attached hydrogen (secondary N) is 1. The predicted octanol–water partition coefficient (Wildman–Crippen LogP) is 19.4. The van der Waals surface area contributed by atoms with E-state index in [2.05, 4.69) is 92.1 Å². The number of phosphoric ester groups is 1. The van der Waals surface area contributed by atoms with Gasteiger partial charge in [0.05, 0.1) is 39.9 Å². The van der Waals surface area contributed by atoms with Gasteiger partial charge >= 0.3 is 7.82 Å². The number of carbonyl (C=O) groups excluding carboxylic acids is 1. The number of hydrogen-bond acceptors (Lipinski definition) is 5. The Bertz CT molecular complexity index is 1430. The Hall–Kier alpha value is -2.06. The Kier molecular flexibility index (Phi) is 54.1. The van der Waals surface area contributed by atoms with Gasteiger partial charge in [-0.15, -0.1) is 0 Å². The molecule has 0 aromatic rings. The zero-order chi connectivity index (χ0) is 54.2. The smallest absolute Gasteiger partial charge is 0.391 e. The molecule has 432 valence electrons. The average Bonchev–Trinajstić information content (AvgIpc) is 3.36. The summed E-state index contributed by atoms with van der Waals surface area (Å²) in [5, 5.41) is 14.0. The molecule has 0 aromatic carbocycles. The molecule has 0 bridgehead atoms. The van der Waals surface area contributed by atoms with Gasteiger partial charge in [0.25, 0.3) is 0 Å². The molecule has 0 heterocycles. The fourth-order valence-corrected chi connectivity index (χ4v) is 9.85. The zero-order valence-corrected chi connectivity index (χ0v) is 50.2. The first-order chi connectivity index (χ1) is 36.0. The van der Waals surface area contributed by atoms with Gasteiger partial charge in [-0.2, -0.15) is 0 Å². The quantitative estimate of drug-likeness (QED) is 0.0243. The van der Waals surface area contributed by atoms with E-state index in [4.69, 9.17) is 9.05 Å². The Morgan fingerprint density at radius 2 is 0.811 bits per heavy atom. The maximum absolute atomic E-state index is 13.0. The lowest BCUT2D eigenvalue weighted by molar-refractivity contribution is -0.870. The van der Waals surface area contributed by atoms with Gasteiger partial charge in [-0.05, 0) is 64.2 Å². The summed E-state index contributed by atoms with van der Waals surface area (Å²) in [7, 11) is 1.62. The van der Waals surface area contributed by atoms with Gasteiger partial charge in [-0.25, -0.2) is 4.57 Å². The molecule has 0 radical (unpaired) electrons. The van der Waals surface area contributed by atoms with E-state index in [1.807, 2.05) is 21.1 Å². The van der Waals surface area contributed by atoms with Crippen LogP contribution in [0.15, 0.2) is 72.9 Å². The van der Waals surface area contributed by atoms with Crippen LogP contribution in [0, 0.1) is 0 Å². The van der Waals surface area contributed by atoms with E-state index in [1.54, 1.807) is 0 Å². The topological polar surface area (TPSA) is 105 Å². The first kappa shape index (κ1) is 71.9. The Labute approximate surface area is 459 Å². The van der Waals surface area contributed by atoms with Crippen LogP contribution in [0.2, 0.25) is 0 Å². The summed E-state index contributed by atoms with van der Waals surface area (Å²) in [6, 6.07) is -0.760. The molecule has 0 aromatic heterocycles. The number of allylic oxidation sites excluding steroid dienone is 12. The molecular formula is C65H122N2O6P+. The van der Waals surface area contributed by atoms with Crippen LogP contribution in [0.1, 0.15) is 284 Å². The molecule has 3 unspecified atom stereocenters. The first-order valence-electron chi connectivity index (χ1n) is 31.3. The van der Waals surface area contributed by atoms with E-state index >= 15 is 0 Å². The molecule has 3 N–H and O–H groups in total. The van der Waals surface area contributed by atoms with Crippen LogP contribution in [0.5, 0.6) is 0 Å². The fourth-order valence-electron chi connectivity index (χ4n) is 9.11. The molecule has 0 rings (SSSR count). The van der Waals surface area contributed by atoms with Crippen LogP contribution in [0.25, 0.3) is 0 Å². The Morgan fingerprint density at radius 1 is 0.473 bits per heavy atom. The van der Waals surface area contributed by atoms with Crippen LogP contribution >= 0.6 is 7.82 Å². The number of amides is 1. The number of likely N-dealkylation sites (N-methyl/N-ethyl adjacent to an activating group) is 1. The number of unbranched alkanes of at least 4 members (excludes halogenated alkanes) is 32. The Morgan fingerprint density at radius 3 is 1.19 bits per heavy atom. The molecule has 3 atom stereocenters. The van der Waals surface area contributed by atoms with E-state index in [0.29, 0.717) is 23.9 Å². The van der Waals surface area contributed by atoms with Crippen LogP contribution in [0.4, 0.5) is 0 Å². The minimum atomic E-state index is -4.32. The van der Waals surface area contributed by atoms with Crippen molar-refractivity contribution in [1.29, 1.82) is 0 Å². The second kappa shape index (κ2) is 55.7. The summed E-state index contributed by atoms with van der Waals surface area (Å²) in [6.07, 6.45) is 77.0. The number of nitrogens with zero attached hydrogens (tertiary/aromatic N) is 1. The lowest BCUT2D eigenvalue weighted by atomic mass is 10.0. The van der Waals surface area contributed by atoms with Gasteiger partial charge in [0.15, 0.2) is 0 Å². The SMILES string of the molecule is CC/C=C\C/C=C\C/C=C\C/C=C\C/C=C\C/C=C\CCCCCCCCCCCCCCCCCCCCCCC(=O)NC(COP(=O)(O)OCC[N+](C)(C)C)C(O)CCCCCCCCCCCCCCC. The van der Waals surface area contributed by atoms with Crippen LogP contribution in [-0.2, 0) is 18.4 Å². The largest absolute Gasteiger partial charge is 0.472 e. The number of carbonyl (C=O) groups is 1. The number of quaternary nitrogens is 1. The molecule has 0 spiro atoms. The molecule has 0 fully saturated rings. The van der Waals surface area contributed by atoms with E-state index in [-0.39, 0.29) is 19.1 Å². The first-order valence-corrected chi connectivity index (χ1v) is 32.8. The number of phosphoric acid groups is 1.